The van der Waals surface area contributed by atoms with Crippen LogP contribution in [0.25, 0.3) is 0 Å². The van der Waals surface area contributed by atoms with Crippen LogP contribution in [0.5, 0.6) is 0 Å². The van der Waals surface area contributed by atoms with E-state index in [2.05, 4.69) is 6.92 Å². The average molecular weight is 214 g/mol. The molecule has 0 aromatic rings. The second-order valence-electron chi connectivity index (χ2n) is 2.33. The van der Waals surface area contributed by atoms with Gasteiger partial charge in [-0.2, -0.15) is 0 Å². The van der Waals surface area contributed by atoms with Crippen LogP contribution in [-0.2, 0) is 0 Å². The molecule has 0 heterocycles. The van der Waals surface area contributed by atoms with Crippen LogP contribution in [0.2, 0.25) is 0 Å². The maximum Gasteiger partial charge on any atom is 0.125 e. The highest BCUT2D eigenvalue weighted by molar-refractivity contribution is 6.59. The third-order valence-electron chi connectivity index (χ3n) is 1.67. The Morgan fingerprint density at radius 1 is 1.09 bits per heavy atom. The fraction of sp³-hybridized carbons (Fsp3) is 0.500. The van der Waals surface area contributed by atoms with Gasteiger partial charge in [-0.1, -0.05) is 47.3 Å². The molecule has 0 bridgehead atoms. The van der Waals surface area contributed by atoms with Crippen molar-refractivity contribution < 1.29 is 0 Å². The molecule has 0 rings (SSSR count). The molecule has 0 spiro atoms. The van der Waals surface area contributed by atoms with E-state index in [1.165, 1.54) is 5.57 Å². The first-order valence-electron chi connectivity index (χ1n) is 3.38. The van der Waals surface area contributed by atoms with Crippen molar-refractivity contribution in [2.24, 2.45) is 0 Å². The summed E-state index contributed by atoms with van der Waals surface area (Å²) >= 11 is 16.8. The summed E-state index contributed by atoms with van der Waals surface area (Å²) in [5, 5.41) is 0.452. The fourth-order valence-corrected chi connectivity index (χ4v) is 1.04. The largest absolute Gasteiger partial charge is 0.125 e. The van der Waals surface area contributed by atoms with E-state index in [0.29, 0.717) is 5.03 Å². The van der Waals surface area contributed by atoms with Crippen LogP contribution in [0, 0.1) is 0 Å². The summed E-state index contributed by atoms with van der Waals surface area (Å²) in [4.78, 5) is 0. The van der Waals surface area contributed by atoms with E-state index < -0.39 is 0 Å². The Bertz CT molecular complexity index is 197. The third kappa shape index (κ3) is 3.50. The van der Waals surface area contributed by atoms with E-state index >= 15 is 0 Å². The van der Waals surface area contributed by atoms with Crippen LogP contribution < -0.4 is 0 Å². The molecular weight excluding hydrogens is 202 g/mol. The van der Waals surface area contributed by atoms with Gasteiger partial charge in [0.1, 0.15) is 4.49 Å². The van der Waals surface area contributed by atoms with E-state index in [1.807, 2.05) is 13.8 Å². The summed E-state index contributed by atoms with van der Waals surface area (Å²) < 4.78 is 0.136. The first-order chi connectivity index (χ1) is 5.00. The number of halogens is 3. The number of hydrogen-bond donors (Lipinski definition) is 0. The van der Waals surface area contributed by atoms with E-state index in [0.717, 1.165) is 12.0 Å². The summed E-state index contributed by atoms with van der Waals surface area (Å²) in [6, 6.07) is 0. The molecule has 0 amide bonds. The van der Waals surface area contributed by atoms with Crippen molar-refractivity contribution in [3.8, 4) is 0 Å². The lowest BCUT2D eigenvalue weighted by Gasteiger charge is -2.03. The van der Waals surface area contributed by atoms with Gasteiger partial charge in [-0.25, -0.2) is 0 Å². The molecule has 0 aromatic carbocycles. The Hall–Kier alpha value is 0.350. The van der Waals surface area contributed by atoms with Gasteiger partial charge in [0.2, 0.25) is 0 Å². The molecule has 0 saturated carbocycles. The lowest BCUT2D eigenvalue weighted by atomic mass is 10.1. The zero-order valence-corrected chi connectivity index (χ0v) is 9.11. The molecule has 0 unspecified atom stereocenters. The van der Waals surface area contributed by atoms with Crippen molar-refractivity contribution in [3.05, 3.63) is 20.7 Å². The average Bonchev–Trinajstić information content (AvgIpc) is 2.00. The van der Waals surface area contributed by atoms with Crippen molar-refractivity contribution >= 4 is 34.8 Å². The predicted molar refractivity (Wildman–Crippen MR) is 53.3 cm³/mol. The van der Waals surface area contributed by atoms with Gasteiger partial charge in [-0.05, 0) is 25.8 Å². The lowest BCUT2D eigenvalue weighted by Crippen LogP contribution is -1.83. The van der Waals surface area contributed by atoms with Gasteiger partial charge in [0.05, 0.1) is 5.03 Å². The first-order valence-corrected chi connectivity index (χ1v) is 4.51. The molecule has 0 atom stereocenters. The number of rotatable bonds is 2. The van der Waals surface area contributed by atoms with Crippen molar-refractivity contribution in [1.29, 1.82) is 0 Å². The second-order valence-corrected chi connectivity index (χ2v) is 3.66. The van der Waals surface area contributed by atoms with Crippen LogP contribution in [-0.4, -0.2) is 0 Å². The Balaban J connectivity index is 4.75. The van der Waals surface area contributed by atoms with Crippen LogP contribution >= 0.6 is 34.8 Å². The fourth-order valence-electron chi connectivity index (χ4n) is 0.594. The molecule has 0 N–H and O–H groups in total. The minimum atomic E-state index is 0.136. The molecule has 0 fully saturated rings. The molecule has 0 aliphatic rings. The van der Waals surface area contributed by atoms with Crippen molar-refractivity contribution in [2.45, 2.75) is 27.2 Å². The van der Waals surface area contributed by atoms with Gasteiger partial charge < -0.3 is 0 Å². The van der Waals surface area contributed by atoms with E-state index in [1.54, 1.807) is 0 Å². The van der Waals surface area contributed by atoms with E-state index in [-0.39, 0.29) is 4.49 Å². The highest BCUT2D eigenvalue weighted by Gasteiger charge is 2.03. The summed E-state index contributed by atoms with van der Waals surface area (Å²) in [7, 11) is 0. The smallest absolute Gasteiger partial charge is 0.0814 e. The van der Waals surface area contributed by atoms with Crippen LogP contribution in [0.15, 0.2) is 20.7 Å². The maximum atomic E-state index is 5.80. The van der Waals surface area contributed by atoms with E-state index in [4.69, 9.17) is 34.8 Å². The molecule has 0 radical (unpaired) electrons. The van der Waals surface area contributed by atoms with Gasteiger partial charge in [-0.3, -0.25) is 0 Å². The van der Waals surface area contributed by atoms with Crippen LogP contribution in [0.4, 0.5) is 0 Å². The number of allylic oxidation sites excluding steroid dienone is 3. The molecule has 0 aliphatic heterocycles. The standard InChI is InChI=1S/C8H11Cl3/c1-4-5(2)6(3)7(9)8(10)11/h4H2,1-3H3/b6-5-. The summed E-state index contributed by atoms with van der Waals surface area (Å²) in [5.41, 5.74) is 2.17. The maximum absolute atomic E-state index is 5.80. The normalized spacial score (nSPS) is 12.5. The Labute approximate surface area is 82.8 Å². The minimum absolute atomic E-state index is 0.136. The quantitative estimate of drug-likeness (QED) is 0.587. The van der Waals surface area contributed by atoms with Gasteiger partial charge >= 0.3 is 0 Å². The highest BCUT2D eigenvalue weighted by Crippen LogP contribution is 2.27. The van der Waals surface area contributed by atoms with Gasteiger partial charge in [0.15, 0.2) is 0 Å². The zero-order chi connectivity index (χ0) is 9.02. The first kappa shape index (κ1) is 11.4. The Morgan fingerprint density at radius 2 is 1.55 bits per heavy atom. The molecule has 64 valence electrons. The topological polar surface area (TPSA) is 0 Å². The molecule has 3 heteroatoms. The van der Waals surface area contributed by atoms with Crippen LogP contribution in [0.1, 0.15) is 27.2 Å². The highest BCUT2D eigenvalue weighted by atomic mass is 35.5. The Morgan fingerprint density at radius 3 is 1.82 bits per heavy atom. The van der Waals surface area contributed by atoms with Crippen molar-refractivity contribution in [3.63, 3.8) is 0 Å². The van der Waals surface area contributed by atoms with Crippen LogP contribution in [0.3, 0.4) is 0 Å². The molecule has 0 nitrogen and oxygen atoms in total. The van der Waals surface area contributed by atoms with Gasteiger partial charge in [0.25, 0.3) is 0 Å². The third-order valence-corrected chi connectivity index (χ3v) is 2.71. The van der Waals surface area contributed by atoms with E-state index in [9.17, 15) is 0 Å². The van der Waals surface area contributed by atoms with Gasteiger partial charge in [-0.15, -0.1) is 0 Å². The monoisotopic (exact) mass is 212 g/mol. The van der Waals surface area contributed by atoms with Crippen molar-refractivity contribution in [2.75, 3.05) is 0 Å². The number of hydrogen-bond acceptors (Lipinski definition) is 0. The molecular formula is C8H11Cl3. The predicted octanol–water partition coefficient (Wildman–Crippen LogP) is 4.62. The van der Waals surface area contributed by atoms with Crippen molar-refractivity contribution in [1.82, 2.24) is 0 Å². The zero-order valence-electron chi connectivity index (χ0n) is 6.84. The lowest BCUT2D eigenvalue weighted by molar-refractivity contribution is 1.07. The Kier molecular flexibility index (Phi) is 5.24. The summed E-state index contributed by atoms with van der Waals surface area (Å²) in [6.07, 6.45) is 0.961. The summed E-state index contributed by atoms with van der Waals surface area (Å²) in [6.45, 7) is 5.98. The molecule has 0 aliphatic carbocycles. The minimum Gasteiger partial charge on any atom is -0.0814 e. The molecule has 11 heavy (non-hydrogen) atoms. The SMILES string of the molecule is CC/C(C)=C(/C)C(Cl)=C(Cl)Cl. The molecule has 0 saturated heterocycles. The van der Waals surface area contributed by atoms with Gasteiger partial charge in [0, 0.05) is 0 Å². The second kappa shape index (κ2) is 5.08. The molecule has 0 aromatic heterocycles. The summed E-state index contributed by atoms with van der Waals surface area (Å²) in [5.74, 6) is 0.